The Morgan fingerprint density at radius 2 is 1.33 bits per heavy atom. The molecule has 0 saturated heterocycles. The summed E-state index contributed by atoms with van der Waals surface area (Å²) in [5, 5.41) is 0. The topological polar surface area (TPSA) is 3.24 Å². The molecule has 0 atom stereocenters. The average Bonchev–Trinajstić information content (AvgIpc) is 3.11. The second-order valence-corrected chi connectivity index (χ2v) is 11.6. The third-order valence-electron chi connectivity index (χ3n) is 7.88. The summed E-state index contributed by atoms with van der Waals surface area (Å²) in [7, 11) is 0. The number of rotatable bonds is 5. The maximum Gasteiger partial charge on any atom is 0.0451 e. The van der Waals surface area contributed by atoms with Gasteiger partial charge in [-0.1, -0.05) is 94.4 Å². The second kappa shape index (κ2) is 8.96. The Labute approximate surface area is 217 Å². The van der Waals surface area contributed by atoms with E-state index < -0.39 is 0 Å². The SMILES string of the molecule is CCc1cc(-c2ccccc2)ccc1N(c1ccc2c(c1CC)C(C)(C)c1ccccc1-2)C(C)(C)C. The highest BCUT2D eigenvalue weighted by Gasteiger charge is 2.39. The molecule has 0 radical (unpaired) electrons. The van der Waals surface area contributed by atoms with Gasteiger partial charge in [0, 0.05) is 22.3 Å². The lowest BCUT2D eigenvalue weighted by Gasteiger charge is -2.41. The minimum absolute atomic E-state index is 0.0123. The van der Waals surface area contributed by atoms with Gasteiger partial charge in [0.25, 0.3) is 0 Å². The quantitative estimate of drug-likeness (QED) is 0.279. The van der Waals surface area contributed by atoms with Crippen LogP contribution in [0.1, 0.15) is 70.7 Å². The van der Waals surface area contributed by atoms with Crippen molar-refractivity contribution >= 4 is 11.4 Å². The van der Waals surface area contributed by atoms with Crippen molar-refractivity contribution in [2.24, 2.45) is 0 Å². The van der Waals surface area contributed by atoms with Crippen LogP contribution in [0.25, 0.3) is 22.3 Å². The van der Waals surface area contributed by atoms with Gasteiger partial charge in [-0.3, -0.25) is 0 Å². The first-order valence-corrected chi connectivity index (χ1v) is 13.4. The number of nitrogens with zero attached hydrogens (tertiary/aromatic N) is 1. The van der Waals surface area contributed by atoms with Crippen LogP contribution in [-0.4, -0.2) is 5.54 Å². The summed E-state index contributed by atoms with van der Waals surface area (Å²) < 4.78 is 0. The normalized spacial score (nSPS) is 13.9. The predicted octanol–water partition coefficient (Wildman–Crippen LogP) is 9.72. The summed E-state index contributed by atoms with van der Waals surface area (Å²) in [6.07, 6.45) is 2.00. The first-order valence-electron chi connectivity index (χ1n) is 13.4. The minimum atomic E-state index is -0.0774. The van der Waals surface area contributed by atoms with E-state index in [1.54, 1.807) is 0 Å². The van der Waals surface area contributed by atoms with Gasteiger partial charge in [0.05, 0.1) is 0 Å². The molecule has 1 nitrogen and oxygen atoms in total. The zero-order chi connectivity index (χ0) is 25.7. The highest BCUT2D eigenvalue weighted by Crippen LogP contribution is 2.53. The fraction of sp³-hybridized carbons (Fsp3) is 0.314. The second-order valence-electron chi connectivity index (χ2n) is 11.6. The van der Waals surface area contributed by atoms with Crippen LogP contribution in [0.5, 0.6) is 0 Å². The maximum absolute atomic E-state index is 2.60. The van der Waals surface area contributed by atoms with E-state index in [0.717, 1.165) is 12.8 Å². The Morgan fingerprint density at radius 3 is 2.00 bits per heavy atom. The molecule has 4 aromatic rings. The van der Waals surface area contributed by atoms with Gasteiger partial charge in [0.15, 0.2) is 0 Å². The largest absolute Gasteiger partial charge is 0.336 e. The van der Waals surface area contributed by atoms with Crippen LogP contribution >= 0.6 is 0 Å². The Kier molecular flexibility index (Phi) is 6.07. The smallest absolute Gasteiger partial charge is 0.0451 e. The molecule has 0 N–H and O–H groups in total. The molecular weight excluding hydrogens is 434 g/mol. The standard InChI is InChI=1S/C35H39N/c1-8-24-23-26(25-15-11-10-12-16-25)19-21-31(24)36(34(3,4)5)32-22-20-29-28-17-13-14-18-30(28)35(6,7)33(29)27(32)9-2/h10-23H,8-9H2,1-7H3. The third-order valence-corrected chi connectivity index (χ3v) is 7.88. The van der Waals surface area contributed by atoms with Crippen molar-refractivity contribution in [2.45, 2.75) is 72.3 Å². The van der Waals surface area contributed by atoms with Crippen molar-refractivity contribution in [2.75, 3.05) is 4.90 Å². The lowest BCUT2D eigenvalue weighted by Crippen LogP contribution is -2.39. The van der Waals surface area contributed by atoms with E-state index >= 15 is 0 Å². The van der Waals surface area contributed by atoms with Crippen LogP contribution < -0.4 is 4.90 Å². The van der Waals surface area contributed by atoms with Crippen molar-refractivity contribution in [1.82, 2.24) is 0 Å². The van der Waals surface area contributed by atoms with Crippen LogP contribution in [0.3, 0.4) is 0 Å². The molecule has 36 heavy (non-hydrogen) atoms. The Morgan fingerprint density at radius 1 is 0.667 bits per heavy atom. The van der Waals surface area contributed by atoms with Crippen molar-refractivity contribution < 1.29 is 0 Å². The molecule has 0 spiro atoms. The van der Waals surface area contributed by atoms with Gasteiger partial charge < -0.3 is 4.90 Å². The molecule has 0 aliphatic heterocycles. The van der Waals surface area contributed by atoms with Crippen molar-refractivity contribution in [3.63, 3.8) is 0 Å². The van der Waals surface area contributed by atoms with Gasteiger partial charge in [-0.2, -0.15) is 0 Å². The molecule has 1 aliphatic rings. The summed E-state index contributed by atoms with van der Waals surface area (Å²) in [5.41, 5.74) is 13.7. The fourth-order valence-electron chi connectivity index (χ4n) is 6.29. The van der Waals surface area contributed by atoms with Gasteiger partial charge in [0.2, 0.25) is 0 Å². The van der Waals surface area contributed by atoms with Crippen molar-refractivity contribution in [3.05, 3.63) is 107 Å². The molecule has 0 aromatic heterocycles. The Balaban J connectivity index is 1.72. The lowest BCUT2D eigenvalue weighted by molar-refractivity contribution is 0.556. The number of hydrogen-bond acceptors (Lipinski definition) is 1. The Hall–Kier alpha value is -3.32. The van der Waals surface area contributed by atoms with Crippen LogP contribution in [0.2, 0.25) is 0 Å². The molecule has 0 fully saturated rings. The fourth-order valence-corrected chi connectivity index (χ4v) is 6.29. The third kappa shape index (κ3) is 3.86. The zero-order valence-corrected chi connectivity index (χ0v) is 22.9. The van der Waals surface area contributed by atoms with Gasteiger partial charge in [-0.25, -0.2) is 0 Å². The van der Waals surface area contributed by atoms with E-state index in [9.17, 15) is 0 Å². The summed E-state index contributed by atoms with van der Waals surface area (Å²) >= 11 is 0. The molecule has 0 heterocycles. The van der Waals surface area contributed by atoms with E-state index in [-0.39, 0.29) is 11.0 Å². The van der Waals surface area contributed by atoms with Crippen LogP contribution in [0.4, 0.5) is 11.4 Å². The molecule has 0 saturated carbocycles. The molecule has 5 rings (SSSR count). The number of benzene rings is 4. The molecule has 0 unspecified atom stereocenters. The summed E-state index contributed by atoms with van der Waals surface area (Å²) in [6, 6.07) is 31.5. The Bertz CT molecular complexity index is 1400. The highest BCUT2D eigenvalue weighted by atomic mass is 15.2. The predicted molar refractivity (Wildman–Crippen MR) is 157 cm³/mol. The zero-order valence-electron chi connectivity index (χ0n) is 22.9. The van der Waals surface area contributed by atoms with E-state index in [2.05, 4.69) is 138 Å². The monoisotopic (exact) mass is 473 g/mol. The molecule has 1 aliphatic carbocycles. The van der Waals surface area contributed by atoms with E-state index in [4.69, 9.17) is 0 Å². The van der Waals surface area contributed by atoms with Gasteiger partial charge in [0.1, 0.15) is 0 Å². The molecule has 0 bridgehead atoms. The first-order chi connectivity index (χ1) is 17.2. The molecule has 4 aromatic carbocycles. The van der Waals surface area contributed by atoms with Crippen molar-refractivity contribution in [1.29, 1.82) is 0 Å². The van der Waals surface area contributed by atoms with Gasteiger partial charge in [-0.15, -0.1) is 0 Å². The molecule has 1 heteroatoms. The molecule has 0 amide bonds. The van der Waals surface area contributed by atoms with E-state index in [1.807, 2.05) is 0 Å². The maximum atomic E-state index is 2.60. The van der Waals surface area contributed by atoms with Crippen molar-refractivity contribution in [3.8, 4) is 22.3 Å². The average molecular weight is 474 g/mol. The number of fused-ring (bicyclic) bond motifs is 3. The summed E-state index contributed by atoms with van der Waals surface area (Å²) in [4.78, 5) is 2.60. The summed E-state index contributed by atoms with van der Waals surface area (Å²) in [5.74, 6) is 0. The van der Waals surface area contributed by atoms with Crippen LogP contribution in [0, 0.1) is 0 Å². The lowest BCUT2D eigenvalue weighted by atomic mass is 9.79. The molecule has 184 valence electrons. The van der Waals surface area contributed by atoms with E-state index in [1.165, 1.54) is 55.9 Å². The first kappa shape index (κ1) is 24.4. The van der Waals surface area contributed by atoms with Gasteiger partial charge in [-0.05, 0) is 96.3 Å². The highest BCUT2D eigenvalue weighted by molar-refractivity contribution is 5.86. The van der Waals surface area contributed by atoms with Crippen LogP contribution in [-0.2, 0) is 18.3 Å². The van der Waals surface area contributed by atoms with Gasteiger partial charge >= 0.3 is 0 Å². The number of hydrogen-bond donors (Lipinski definition) is 0. The summed E-state index contributed by atoms with van der Waals surface area (Å²) in [6.45, 7) is 16.4. The minimum Gasteiger partial charge on any atom is -0.336 e. The number of aryl methyl sites for hydroxylation is 1. The van der Waals surface area contributed by atoms with Crippen LogP contribution in [0.15, 0.2) is 84.9 Å². The number of anilines is 2. The van der Waals surface area contributed by atoms with E-state index in [0.29, 0.717) is 0 Å². The molecular formula is C35H39N.